The average Bonchev–Trinajstić information content (AvgIpc) is 3.11. The smallest absolute Gasteiger partial charge is 0.263 e. The molecule has 2 heterocycles. The van der Waals surface area contributed by atoms with Crippen LogP contribution in [0.5, 0.6) is 5.75 Å². The number of ether oxygens (including phenoxy) is 1. The molecule has 0 spiro atoms. The number of benzene rings is 1. The number of hydrogen-bond donors (Lipinski definition) is 0. The molecule has 3 rings (SSSR count). The molecular formula is C18H20FN3O2. The van der Waals surface area contributed by atoms with Gasteiger partial charge in [0.15, 0.2) is 17.7 Å². The summed E-state index contributed by atoms with van der Waals surface area (Å²) in [6, 6.07) is 7.92. The molecule has 5 nitrogen and oxygen atoms in total. The van der Waals surface area contributed by atoms with Gasteiger partial charge in [0.1, 0.15) is 5.82 Å². The van der Waals surface area contributed by atoms with Crippen molar-refractivity contribution in [3.63, 3.8) is 0 Å². The molecule has 1 fully saturated rings. The lowest BCUT2D eigenvalue weighted by atomic mass is 10.1. The van der Waals surface area contributed by atoms with Crippen molar-refractivity contribution in [1.29, 1.82) is 0 Å². The van der Waals surface area contributed by atoms with Gasteiger partial charge in [0.05, 0.1) is 0 Å². The molecule has 0 radical (unpaired) electrons. The van der Waals surface area contributed by atoms with Crippen molar-refractivity contribution in [3.8, 4) is 5.75 Å². The van der Waals surface area contributed by atoms with Crippen LogP contribution in [0.3, 0.4) is 0 Å². The molecule has 1 amide bonds. The second-order valence-electron chi connectivity index (χ2n) is 5.82. The third-order valence-electron chi connectivity index (χ3n) is 4.20. The lowest BCUT2D eigenvalue weighted by molar-refractivity contribution is -0.137. The maximum absolute atomic E-state index is 13.7. The van der Waals surface area contributed by atoms with Gasteiger partial charge in [0.2, 0.25) is 0 Å². The number of carbonyl (C=O) groups excluding carboxylic acids is 1. The van der Waals surface area contributed by atoms with Gasteiger partial charge in [0.25, 0.3) is 5.91 Å². The second-order valence-corrected chi connectivity index (χ2v) is 5.82. The Hall–Kier alpha value is -2.50. The number of hydrogen-bond acceptors (Lipinski definition) is 4. The van der Waals surface area contributed by atoms with Crippen LogP contribution >= 0.6 is 0 Å². The number of aromatic nitrogens is 2. The predicted molar refractivity (Wildman–Crippen MR) is 87.1 cm³/mol. The van der Waals surface area contributed by atoms with Gasteiger partial charge < -0.3 is 9.64 Å². The Labute approximate surface area is 140 Å². The monoisotopic (exact) mass is 329 g/mol. The van der Waals surface area contributed by atoms with E-state index in [0.717, 1.165) is 12.2 Å². The molecule has 0 aliphatic carbocycles. The van der Waals surface area contributed by atoms with Crippen LogP contribution in [0, 0.1) is 5.82 Å². The van der Waals surface area contributed by atoms with E-state index in [4.69, 9.17) is 4.74 Å². The summed E-state index contributed by atoms with van der Waals surface area (Å²) in [6.45, 7) is 3.07. The summed E-state index contributed by atoms with van der Waals surface area (Å²) in [6.07, 6.45) is 4.05. The maximum Gasteiger partial charge on any atom is 0.263 e. The van der Waals surface area contributed by atoms with E-state index in [9.17, 15) is 9.18 Å². The zero-order chi connectivity index (χ0) is 16.9. The van der Waals surface area contributed by atoms with Gasteiger partial charge in [-0.1, -0.05) is 19.1 Å². The van der Waals surface area contributed by atoms with E-state index in [1.807, 2.05) is 6.92 Å². The summed E-state index contributed by atoms with van der Waals surface area (Å²) in [5, 5.41) is 0. The van der Waals surface area contributed by atoms with Crippen LogP contribution in [-0.2, 0) is 4.79 Å². The van der Waals surface area contributed by atoms with Crippen molar-refractivity contribution in [2.75, 3.05) is 13.1 Å². The number of amides is 1. The summed E-state index contributed by atoms with van der Waals surface area (Å²) in [5.74, 6) is 0.441. The van der Waals surface area contributed by atoms with Gasteiger partial charge in [-0.15, -0.1) is 0 Å². The molecule has 6 heteroatoms. The SMILES string of the molecule is CCC(Oc1ccccc1F)C(=O)N1CCC(c2ncccn2)C1. The number of nitrogens with zero attached hydrogens (tertiary/aromatic N) is 3. The van der Waals surface area contributed by atoms with Crippen LogP contribution in [-0.4, -0.2) is 40.0 Å². The van der Waals surface area contributed by atoms with Gasteiger partial charge in [-0.2, -0.15) is 0 Å². The van der Waals surface area contributed by atoms with Crippen LogP contribution in [0.25, 0.3) is 0 Å². The Kier molecular flexibility index (Phi) is 5.03. The second kappa shape index (κ2) is 7.38. The molecule has 0 bridgehead atoms. The first-order valence-electron chi connectivity index (χ1n) is 8.16. The minimum atomic E-state index is -0.683. The molecule has 1 aliphatic rings. The van der Waals surface area contributed by atoms with Crippen LogP contribution in [0.4, 0.5) is 4.39 Å². The van der Waals surface area contributed by atoms with Gasteiger partial charge in [-0.3, -0.25) is 4.79 Å². The quantitative estimate of drug-likeness (QED) is 0.846. The summed E-state index contributed by atoms with van der Waals surface area (Å²) in [4.78, 5) is 23.0. The van der Waals surface area contributed by atoms with Gasteiger partial charge in [0, 0.05) is 31.4 Å². The minimum Gasteiger partial charge on any atom is -0.478 e. The van der Waals surface area contributed by atoms with E-state index in [0.29, 0.717) is 19.5 Å². The topological polar surface area (TPSA) is 55.3 Å². The first-order valence-corrected chi connectivity index (χ1v) is 8.16. The standard InChI is InChI=1S/C18H20FN3O2/c1-2-15(24-16-7-4-3-6-14(16)19)18(23)22-11-8-13(12-22)17-20-9-5-10-21-17/h3-7,9-10,13,15H,2,8,11-12H2,1H3. The van der Waals surface area contributed by atoms with Crippen molar-refractivity contribution in [2.45, 2.75) is 31.8 Å². The first kappa shape index (κ1) is 16.4. The largest absolute Gasteiger partial charge is 0.478 e. The minimum absolute atomic E-state index is 0.111. The van der Waals surface area contributed by atoms with Crippen molar-refractivity contribution >= 4 is 5.91 Å². The molecule has 126 valence electrons. The Morgan fingerprint density at radius 2 is 2.08 bits per heavy atom. The van der Waals surface area contributed by atoms with Crippen molar-refractivity contribution in [3.05, 3.63) is 54.4 Å². The van der Waals surface area contributed by atoms with E-state index < -0.39 is 11.9 Å². The number of carbonyl (C=O) groups is 1. The average molecular weight is 329 g/mol. The zero-order valence-electron chi connectivity index (χ0n) is 13.6. The number of para-hydroxylation sites is 1. The highest BCUT2D eigenvalue weighted by atomic mass is 19.1. The molecular weight excluding hydrogens is 309 g/mol. The maximum atomic E-state index is 13.7. The highest BCUT2D eigenvalue weighted by Gasteiger charge is 2.33. The number of halogens is 1. The lowest BCUT2D eigenvalue weighted by Gasteiger charge is -2.23. The first-order chi connectivity index (χ1) is 11.7. The molecule has 1 saturated heterocycles. The molecule has 2 atom stereocenters. The van der Waals surface area contributed by atoms with E-state index in [2.05, 4.69) is 9.97 Å². The molecule has 1 aromatic heterocycles. The fourth-order valence-electron chi connectivity index (χ4n) is 2.90. The molecule has 1 aromatic carbocycles. The van der Waals surface area contributed by atoms with Crippen molar-refractivity contribution in [1.82, 2.24) is 14.9 Å². The Morgan fingerprint density at radius 3 is 2.79 bits per heavy atom. The lowest BCUT2D eigenvalue weighted by Crippen LogP contribution is -2.40. The summed E-state index contributed by atoms with van der Waals surface area (Å²) >= 11 is 0. The van der Waals surface area contributed by atoms with Gasteiger partial charge in [-0.05, 0) is 31.0 Å². The van der Waals surface area contributed by atoms with Gasteiger partial charge in [-0.25, -0.2) is 14.4 Å². The van der Waals surface area contributed by atoms with E-state index >= 15 is 0 Å². The normalized spacial score (nSPS) is 18.4. The third kappa shape index (κ3) is 3.53. The molecule has 24 heavy (non-hydrogen) atoms. The van der Waals surface area contributed by atoms with Gasteiger partial charge >= 0.3 is 0 Å². The number of rotatable bonds is 5. The fourth-order valence-corrected chi connectivity index (χ4v) is 2.90. The third-order valence-corrected chi connectivity index (χ3v) is 4.20. The highest BCUT2D eigenvalue weighted by Crippen LogP contribution is 2.26. The summed E-state index contributed by atoms with van der Waals surface area (Å²) in [7, 11) is 0. The Morgan fingerprint density at radius 1 is 1.33 bits per heavy atom. The van der Waals surface area contributed by atoms with Crippen molar-refractivity contribution in [2.24, 2.45) is 0 Å². The fraction of sp³-hybridized carbons (Fsp3) is 0.389. The number of likely N-dealkylation sites (tertiary alicyclic amines) is 1. The summed E-state index contributed by atoms with van der Waals surface area (Å²) in [5.41, 5.74) is 0. The van der Waals surface area contributed by atoms with Crippen LogP contribution < -0.4 is 4.74 Å². The Bertz CT molecular complexity index is 696. The molecule has 0 N–H and O–H groups in total. The molecule has 1 aliphatic heterocycles. The highest BCUT2D eigenvalue weighted by molar-refractivity contribution is 5.81. The Balaban J connectivity index is 1.66. The zero-order valence-corrected chi connectivity index (χ0v) is 13.6. The van der Waals surface area contributed by atoms with E-state index in [1.54, 1.807) is 35.5 Å². The van der Waals surface area contributed by atoms with Crippen LogP contribution in [0.15, 0.2) is 42.7 Å². The molecule has 0 saturated carbocycles. The molecule has 2 unspecified atom stereocenters. The molecule has 2 aromatic rings. The van der Waals surface area contributed by atoms with Crippen LogP contribution in [0.2, 0.25) is 0 Å². The van der Waals surface area contributed by atoms with Crippen LogP contribution in [0.1, 0.15) is 31.5 Å². The van der Waals surface area contributed by atoms with E-state index in [1.165, 1.54) is 12.1 Å². The summed E-state index contributed by atoms with van der Waals surface area (Å²) < 4.78 is 19.4. The van der Waals surface area contributed by atoms with E-state index in [-0.39, 0.29) is 17.6 Å². The van der Waals surface area contributed by atoms with Crippen molar-refractivity contribution < 1.29 is 13.9 Å². The predicted octanol–water partition coefficient (Wildman–Crippen LogP) is 2.79.